The van der Waals surface area contributed by atoms with Gasteiger partial charge in [0.15, 0.2) is 0 Å². The normalized spacial score (nSPS) is 24.2. The van der Waals surface area contributed by atoms with Gasteiger partial charge in [-0.2, -0.15) is 0 Å². The lowest BCUT2D eigenvalue weighted by Crippen LogP contribution is -2.69. The molecule has 0 unspecified atom stereocenters. The Bertz CT molecular complexity index is 2130. The zero-order chi connectivity index (χ0) is 35.2. The van der Waals surface area contributed by atoms with Gasteiger partial charge >= 0.3 is 5.79 Å². The van der Waals surface area contributed by atoms with E-state index in [2.05, 4.69) is 110 Å². The van der Waals surface area contributed by atoms with E-state index in [1.165, 1.54) is 11.1 Å². The maximum absolute atomic E-state index is 7.15. The average Bonchev–Trinajstić information content (AvgIpc) is 3.77. The highest BCUT2D eigenvalue weighted by Crippen LogP contribution is 2.57. The summed E-state index contributed by atoms with van der Waals surface area (Å²) in [4.78, 5) is 16.1. The maximum atomic E-state index is 7.15. The molecule has 1 fully saturated rings. The van der Waals surface area contributed by atoms with Crippen molar-refractivity contribution in [2.24, 2.45) is 10.3 Å². The van der Waals surface area contributed by atoms with Crippen LogP contribution in [0.1, 0.15) is 57.8 Å². The summed E-state index contributed by atoms with van der Waals surface area (Å²) in [6, 6.07) is 42.7. The molecule has 4 atom stereocenters. The summed E-state index contributed by atoms with van der Waals surface area (Å²) in [6.07, 6.45) is 2.15. The summed E-state index contributed by atoms with van der Waals surface area (Å²) in [5.41, 5.74) is 7.54. The van der Waals surface area contributed by atoms with Crippen molar-refractivity contribution >= 4 is 40.9 Å². The molecule has 6 nitrogen and oxygen atoms in total. The molecule has 3 heterocycles. The van der Waals surface area contributed by atoms with Gasteiger partial charge in [-0.25, -0.2) is 0 Å². The van der Waals surface area contributed by atoms with Crippen molar-refractivity contribution in [1.29, 1.82) is 0 Å². The van der Waals surface area contributed by atoms with Gasteiger partial charge in [0.05, 0.1) is 18.2 Å². The number of ether oxygens (including phenoxy) is 1. The minimum absolute atomic E-state index is 0.0155. The molecule has 0 amide bonds. The van der Waals surface area contributed by atoms with Crippen molar-refractivity contribution in [1.82, 2.24) is 4.90 Å². The van der Waals surface area contributed by atoms with E-state index < -0.39 is 17.3 Å². The van der Waals surface area contributed by atoms with Crippen molar-refractivity contribution in [2.45, 2.75) is 44.1 Å². The Morgan fingerprint density at radius 3 is 1.98 bits per heavy atom. The van der Waals surface area contributed by atoms with Crippen LogP contribution < -0.4 is 0 Å². The van der Waals surface area contributed by atoms with Gasteiger partial charge in [-0.3, -0.25) is 4.90 Å². The molecule has 0 saturated carbocycles. The number of piperidine rings is 1. The third-order valence-corrected chi connectivity index (χ3v) is 10.7. The predicted molar refractivity (Wildman–Crippen MR) is 204 cm³/mol. The Balaban J connectivity index is 1.36. The number of nitrogens with zero attached hydrogens (tertiary/aromatic N) is 3. The Morgan fingerprint density at radius 2 is 1.33 bits per heavy atom. The fourth-order valence-electron chi connectivity index (χ4n) is 7.40. The molecular weight excluding hydrogens is 677 g/mol. The topological polar surface area (TPSA) is 55.7 Å². The van der Waals surface area contributed by atoms with Gasteiger partial charge in [-0.05, 0) is 85.1 Å². The van der Waals surface area contributed by atoms with Crippen LogP contribution in [0.25, 0.3) is 6.08 Å². The number of rotatable bonds is 6. The standard InChI is InChI=1S/C43H37Cl2N3O3/c1-28-9-13-31(14-10-28)25-36-26-48(30(3)32-7-5-4-6-8-32)27-42(43(36)49-41(47-51-43)35-19-23-38(45)24-20-35)39(33-15-11-29(2)12-16-33)40(46-50-42)34-17-21-37(44)22-18-34/h4-25,30,39H,26-27H2,1-3H3/b36-25+/t30-,39+,42+,43-/m1/s1. The quantitative estimate of drug-likeness (QED) is 0.176. The van der Waals surface area contributed by atoms with Crippen molar-refractivity contribution in [3.8, 4) is 0 Å². The van der Waals surface area contributed by atoms with Crippen LogP contribution in [-0.2, 0) is 14.4 Å². The molecule has 5 aromatic carbocycles. The zero-order valence-corrected chi connectivity index (χ0v) is 30.1. The Hall–Kier alpha value is -4.88. The average molecular weight is 715 g/mol. The van der Waals surface area contributed by atoms with Crippen molar-refractivity contribution in [3.05, 3.63) is 182 Å². The Morgan fingerprint density at radius 1 is 0.725 bits per heavy atom. The number of aryl methyl sites for hydroxylation is 2. The highest BCUT2D eigenvalue weighted by atomic mass is 35.5. The fourth-order valence-corrected chi connectivity index (χ4v) is 7.65. The second kappa shape index (κ2) is 13.3. The van der Waals surface area contributed by atoms with E-state index in [1.807, 2.05) is 54.6 Å². The number of fused-ring (bicyclic) bond motifs is 1. The molecule has 8 heteroatoms. The zero-order valence-electron chi connectivity index (χ0n) is 28.6. The van der Waals surface area contributed by atoms with Gasteiger partial charge in [0.2, 0.25) is 5.60 Å². The molecule has 0 N–H and O–H groups in total. The fraction of sp³-hybridized carbons (Fsp3) is 0.209. The van der Waals surface area contributed by atoms with Crippen LogP contribution in [0.3, 0.4) is 0 Å². The van der Waals surface area contributed by atoms with Crippen molar-refractivity contribution in [3.63, 3.8) is 0 Å². The van der Waals surface area contributed by atoms with Crippen LogP contribution in [0.5, 0.6) is 0 Å². The van der Waals surface area contributed by atoms with Crippen LogP contribution in [0.4, 0.5) is 0 Å². The van der Waals surface area contributed by atoms with E-state index in [0.29, 0.717) is 29.0 Å². The lowest BCUT2D eigenvalue weighted by Gasteiger charge is -2.52. The van der Waals surface area contributed by atoms with Crippen molar-refractivity contribution < 1.29 is 14.4 Å². The van der Waals surface area contributed by atoms with Crippen LogP contribution in [0, 0.1) is 13.8 Å². The molecule has 2 spiro atoms. The maximum Gasteiger partial charge on any atom is 0.346 e. The molecule has 0 bridgehead atoms. The molecule has 1 saturated heterocycles. The summed E-state index contributed by atoms with van der Waals surface area (Å²) in [7, 11) is 0. The molecule has 51 heavy (non-hydrogen) atoms. The Kier molecular flexibility index (Phi) is 8.71. The number of oxime groups is 2. The predicted octanol–water partition coefficient (Wildman–Crippen LogP) is 10.1. The second-order valence-corrected chi connectivity index (χ2v) is 14.5. The van der Waals surface area contributed by atoms with Crippen molar-refractivity contribution in [2.75, 3.05) is 13.1 Å². The van der Waals surface area contributed by atoms with E-state index in [9.17, 15) is 0 Å². The van der Waals surface area contributed by atoms with E-state index in [0.717, 1.165) is 39.1 Å². The summed E-state index contributed by atoms with van der Waals surface area (Å²) in [6.45, 7) is 7.34. The smallest absolute Gasteiger partial charge is 0.346 e. The first-order chi connectivity index (χ1) is 24.7. The first-order valence-corrected chi connectivity index (χ1v) is 17.9. The largest absolute Gasteiger partial charge is 0.422 e. The van der Waals surface area contributed by atoms with Crippen LogP contribution in [0.2, 0.25) is 10.0 Å². The molecule has 8 rings (SSSR count). The molecular formula is C43H37Cl2N3O3. The van der Waals surface area contributed by atoms with Gasteiger partial charge < -0.3 is 14.4 Å². The molecule has 3 aliphatic heterocycles. The monoisotopic (exact) mass is 713 g/mol. The summed E-state index contributed by atoms with van der Waals surface area (Å²) < 4.78 is 7.15. The summed E-state index contributed by atoms with van der Waals surface area (Å²) >= 11 is 12.7. The van der Waals surface area contributed by atoms with Gasteiger partial charge in [0.1, 0.15) is 0 Å². The third-order valence-electron chi connectivity index (χ3n) is 10.2. The van der Waals surface area contributed by atoms with Gasteiger partial charge in [0.25, 0.3) is 5.90 Å². The summed E-state index contributed by atoms with van der Waals surface area (Å²) in [5.74, 6) is -1.60. The van der Waals surface area contributed by atoms with Crippen LogP contribution >= 0.6 is 23.2 Å². The number of halogens is 2. The highest BCUT2D eigenvalue weighted by Gasteiger charge is 2.74. The Labute approximate surface area is 308 Å². The molecule has 256 valence electrons. The van der Waals surface area contributed by atoms with Gasteiger partial charge in [0, 0.05) is 39.3 Å². The molecule has 0 aliphatic carbocycles. The van der Waals surface area contributed by atoms with Crippen LogP contribution in [0.15, 0.2) is 143 Å². The summed E-state index contributed by atoms with van der Waals surface area (Å²) in [5, 5.41) is 10.9. The first-order valence-electron chi connectivity index (χ1n) is 17.1. The van der Waals surface area contributed by atoms with Gasteiger partial charge in [-0.15, -0.1) is 0 Å². The second-order valence-electron chi connectivity index (χ2n) is 13.6. The first kappa shape index (κ1) is 33.3. The van der Waals surface area contributed by atoms with Gasteiger partial charge in [-0.1, -0.05) is 130 Å². The van der Waals surface area contributed by atoms with E-state index in [1.54, 1.807) is 0 Å². The third kappa shape index (κ3) is 6.01. The number of likely N-dealkylation sites (tertiary alicyclic amines) is 1. The molecule has 0 radical (unpaired) electrons. The highest BCUT2D eigenvalue weighted by molar-refractivity contribution is 6.31. The van der Waals surface area contributed by atoms with E-state index in [4.69, 9.17) is 42.8 Å². The lowest BCUT2D eigenvalue weighted by molar-refractivity contribution is -0.279. The molecule has 5 aromatic rings. The SMILES string of the molecule is Cc1ccc(/C=C2\CN([C@H](C)c3ccccc3)C[C@@]3(ON=C(c4ccc(Cl)cc4)[C@@H]3c3ccc(C)cc3)[C@]23ON=C(c2ccc(Cl)cc2)O3)cc1. The molecule has 0 aromatic heterocycles. The van der Waals surface area contributed by atoms with E-state index in [-0.39, 0.29) is 6.04 Å². The molecule has 3 aliphatic rings. The van der Waals surface area contributed by atoms with E-state index >= 15 is 0 Å². The lowest BCUT2D eigenvalue weighted by atomic mass is 9.68. The minimum Gasteiger partial charge on any atom is -0.422 e. The van der Waals surface area contributed by atoms with Crippen LogP contribution in [-0.4, -0.2) is 41.0 Å². The minimum atomic E-state index is -1.51. The number of hydrogen-bond donors (Lipinski definition) is 0. The number of benzene rings is 5. The number of hydrogen-bond acceptors (Lipinski definition) is 6.